The molecule has 1 saturated heterocycles. The third-order valence-electron chi connectivity index (χ3n) is 4.82. The van der Waals surface area contributed by atoms with E-state index >= 15 is 0 Å². The molecule has 0 amide bonds. The van der Waals surface area contributed by atoms with Crippen molar-refractivity contribution >= 4 is 29.5 Å². The fourth-order valence-electron chi connectivity index (χ4n) is 3.67. The summed E-state index contributed by atoms with van der Waals surface area (Å²) >= 11 is 3.81. The van der Waals surface area contributed by atoms with Gasteiger partial charge in [0.05, 0.1) is 11.2 Å². The first-order valence-corrected chi connectivity index (χ1v) is 10.8. The van der Waals surface area contributed by atoms with Gasteiger partial charge in [-0.15, -0.1) is 36.7 Å². The largest absolute Gasteiger partial charge is 0.573 e. The van der Waals surface area contributed by atoms with Crippen LogP contribution in [0, 0.1) is 0 Å². The van der Waals surface area contributed by atoms with E-state index in [1.165, 1.54) is 19.2 Å². The number of halogens is 3. The van der Waals surface area contributed by atoms with E-state index in [1.54, 1.807) is 6.07 Å². The van der Waals surface area contributed by atoms with Gasteiger partial charge in [0.25, 0.3) is 0 Å². The van der Waals surface area contributed by atoms with E-state index in [0.29, 0.717) is 17.1 Å². The summed E-state index contributed by atoms with van der Waals surface area (Å²) in [4.78, 5) is 12.5. The summed E-state index contributed by atoms with van der Waals surface area (Å²) in [5.74, 6) is 1.93. The molecule has 0 aromatic heterocycles. The molecule has 0 N–H and O–H groups in total. The van der Waals surface area contributed by atoms with Gasteiger partial charge in [0, 0.05) is 11.5 Å². The number of alkyl halides is 3. The number of methoxy groups -OCH3 is 1. The van der Waals surface area contributed by atoms with E-state index in [2.05, 4.69) is 4.74 Å². The highest BCUT2D eigenvalue weighted by Crippen LogP contribution is 2.60. The van der Waals surface area contributed by atoms with Crippen LogP contribution < -0.4 is 9.47 Å². The smallest absolute Gasteiger partial charge is 0.465 e. The number of thioether (sulfide) groups is 2. The van der Waals surface area contributed by atoms with Crippen LogP contribution in [0.2, 0.25) is 0 Å². The van der Waals surface area contributed by atoms with Crippen LogP contribution >= 0.6 is 23.5 Å². The van der Waals surface area contributed by atoms with Crippen molar-refractivity contribution < 1.29 is 32.2 Å². The highest BCUT2D eigenvalue weighted by molar-refractivity contribution is 8.20. The number of fused-ring (bicyclic) bond motifs is 2. The molecule has 0 unspecified atom stereocenters. The van der Waals surface area contributed by atoms with Gasteiger partial charge in [0.2, 0.25) is 0 Å². The summed E-state index contributed by atoms with van der Waals surface area (Å²) in [6.07, 6.45) is -3.07. The Hall–Kier alpha value is -2.00. The van der Waals surface area contributed by atoms with Crippen LogP contribution in [-0.4, -0.2) is 30.9 Å². The van der Waals surface area contributed by atoms with Crippen LogP contribution in [0.4, 0.5) is 13.2 Å². The molecular weight excluding hydrogens is 425 g/mol. The molecule has 0 radical (unpaired) electrons. The molecule has 0 atom stereocenters. The van der Waals surface area contributed by atoms with Crippen LogP contribution in [0.15, 0.2) is 36.4 Å². The molecule has 1 spiro atoms. The van der Waals surface area contributed by atoms with Crippen LogP contribution in [0.5, 0.6) is 17.2 Å². The van der Waals surface area contributed by atoms with Gasteiger partial charge < -0.3 is 14.2 Å². The quantitative estimate of drug-likeness (QED) is 0.563. The van der Waals surface area contributed by atoms with Crippen LogP contribution in [0.1, 0.15) is 27.9 Å². The van der Waals surface area contributed by atoms with Gasteiger partial charge in [0.1, 0.15) is 22.8 Å². The lowest BCUT2D eigenvalue weighted by atomic mass is 10.0. The van der Waals surface area contributed by atoms with Crippen LogP contribution in [0.3, 0.4) is 0 Å². The molecule has 2 aliphatic rings. The Bertz CT molecular complexity index is 923. The first kappa shape index (κ1) is 20.3. The number of benzene rings is 2. The lowest BCUT2D eigenvalue weighted by molar-refractivity contribution is -0.274. The van der Waals surface area contributed by atoms with Crippen molar-refractivity contribution in [2.75, 3.05) is 18.6 Å². The maximum Gasteiger partial charge on any atom is 0.573 e. The van der Waals surface area contributed by atoms with E-state index < -0.39 is 12.3 Å². The average Bonchev–Trinajstić information content (AvgIpc) is 3.30. The molecule has 154 valence electrons. The van der Waals surface area contributed by atoms with E-state index in [9.17, 15) is 18.0 Å². The van der Waals surface area contributed by atoms with E-state index in [1.807, 2.05) is 29.6 Å². The molecular formula is C20H17F3O4S2. The Kier molecular flexibility index (Phi) is 5.37. The van der Waals surface area contributed by atoms with Crippen molar-refractivity contribution in [2.45, 2.75) is 23.3 Å². The zero-order valence-corrected chi connectivity index (χ0v) is 17.0. The van der Waals surface area contributed by atoms with Crippen LogP contribution in [-0.2, 0) is 15.2 Å². The van der Waals surface area contributed by atoms with Crippen molar-refractivity contribution in [3.63, 3.8) is 0 Å². The van der Waals surface area contributed by atoms with Crippen molar-refractivity contribution in [3.8, 4) is 17.2 Å². The average molecular weight is 442 g/mol. The first-order chi connectivity index (χ1) is 13.8. The summed E-state index contributed by atoms with van der Waals surface area (Å²) in [6, 6.07) is 8.76. The topological polar surface area (TPSA) is 44.8 Å². The maximum absolute atomic E-state index is 12.5. The fraction of sp³-hybridized carbons (Fsp3) is 0.350. The van der Waals surface area contributed by atoms with Crippen LogP contribution in [0.25, 0.3) is 0 Å². The number of hydrogen-bond donors (Lipinski definition) is 0. The predicted octanol–water partition coefficient (Wildman–Crippen LogP) is 5.74. The van der Waals surface area contributed by atoms with Gasteiger partial charge in [-0.25, -0.2) is 4.79 Å². The predicted molar refractivity (Wildman–Crippen MR) is 106 cm³/mol. The van der Waals surface area contributed by atoms with Crippen molar-refractivity contribution in [1.82, 2.24) is 0 Å². The Morgan fingerprint density at radius 3 is 2.31 bits per heavy atom. The number of hydrogen-bond acceptors (Lipinski definition) is 6. The SMILES string of the molecule is COC(=O)c1c(Oc2ccc(OC(F)(F)F)cc2)ccc2c1CCC21SCCS1. The Balaban J connectivity index is 1.65. The molecule has 1 aliphatic carbocycles. The van der Waals surface area contributed by atoms with E-state index in [-0.39, 0.29) is 9.83 Å². The molecule has 1 fully saturated rings. The summed E-state index contributed by atoms with van der Waals surface area (Å²) in [5, 5.41) is 0. The van der Waals surface area contributed by atoms with Gasteiger partial charge in [-0.2, -0.15) is 0 Å². The van der Waals surface area contributed by atoms with Gasteiger partial charge in [-0.05, 0) is 54.3 Å². The molecule has 0 bridgehead atoms. The zero-order chi connectivity index (χ0) is 20.6. The molecule has 2 aromatic rings. The number of carbonyl (C=O) groups excluding carboxylic acids is 1. The second-order valence-electron chi connectivity index (χ2n) is 6.53. The monoisotopic (exact) mass is 442 g/mol. The van der Waals surface area contributed by atoms with E-state index in [0.717, 1.165) is 47.6 Å². The maximum atomic E-state index is 12.5. The number of ether oxygens (including phenoxy) is 3. The highest BCUT2D eigenvalue weighted by atomic mass is 32.2. The molecule has 2 aromatic carbocycles. The van der Waals surface area contributed by atoms with Gasteiger partial charge in [-0.1, -0.05) is 6.07 Å². The molecule has 9 heteroatoms. The minimum Gasteiger partial charge on any atom is -0.465 e. The molecule has 1 heterocycles. The molecule has 1 aliphatic heterocycles. The minimum absolute atomic E-state index is 0.0206. The van der Waals surface area contributed by atoms with Gasteiger partial charge in [-0.3, -0.25) is 0 Å². The number of rotatable bonds is 4. The summed E-state index contributed by atoms with van der Waals surface area (Å²) in [5.41, 5.74) is 2.44. The highest BCUT2D eigenvalue weighted by Gasteiger charge is 2.45. The lowest BCUT2D eigenvalue weighted by Crippen LogP contribution is -2.16. The van der Waals surface area contributed by atoms with E-state index in [4.69, 9.17) is 9.47 Å². The molecule has 4 rings (SSSR count). The fourth-order valence-corrected chi connectivity index (χ4v) is 7.01. The summed E-state index contributed by atoms with van der Waals surface area (Å²) in [7, 11) is 1.32. The number of esters is 1. The zero-order valence-electron chi connectivity index (χ0n) is 15.4. The third-order valence-corrected chi connectivity index (χ3v) is 8.38. The Labute approximate surface area is 174 Å². The lowest BCUT2D eigenvalue weighted by Gasteiger charge is -2.23. The molecule has 4 nitrogen and oxygen atoms in total. The van der Waals surface area contributed by atoms with Crippen molar-refractivity contribution in [1.29, 1.82) is 0 Å². The van der Waals surface area contributed by atoms with Gasteiger partial charge >= 0.3 is 12.3 Å². The first-order valence-electron chi connectivity index (χ1n) is 8.87. The number of carbonyl (C=O) groups is 1. The third kappa shape index (κ3) is 4.02. The summed E-state index contributed by atoms with van der Waals surface area (Å²) < 4.78 is 51.6. The van der Waals surface area contributed by atoms with Crippen molar-refractivity contribution in [2.24, 2.45) is 0 Å². The van der Waals surface area contributed by atoms with Gasteiger partial charge in [0.15, 0.2) is 0 Å². The molecule has 0 saturated carbocycles. The second-order valence-corrected chi connectivity index (χ2v) is 9.57. The Morgan fingerprint density at radius 2 is 1.69 bits per heavy atom. The van der Waals surface area contributed by atoms with Crippen molar-refractivity contribution in [3.05, 3.63) is 53.1 Å². The second kappa shape index (κ2) is 7.68. The standard InChI is InChI=1S/C20H17F3O4S2/c1-25-18(24)17-14-8-9-19(28-10-11-29-19)15(14)6-7-16(17)26-12-2-4-13(5-3-12)27-20(21,22)23/h2-7H,8-11H2,1H3. The minimum atomic E-state index is -4.76. The normalized spacial score (nSPS) is 17.2. The Morgan fingerprint density at radius 1 is 1.03 bits per heavy atom. The summed E-state index contributed by atoms with van der Waals surface area (Å²) in [6.45, 7) is 0. The molecule has 29 heavy (non-hydrogen) atoms.